The molecule has 0 aliphatic carbocycles. The van der Waals surface area contributed by atoms with Crippen molar-refractivity contribution in [3.63, 3.8) is 0 Å². The summed E-state index contributed by atoms with van der Waals surface area (Å²) < 4.78 is 3.42. The van der Waals surface area contributed by atoms with Gasteiger partial charge in [-0.3, -0.25) is 19.5 Å². The maximum atomic E-state index is 12.9. The summed E-state index contributed by atoms with van der Waals surface area (Å²) in [6.07, 6.45) is 0. The predicted molar refractivity (Wildman–Crippen MR) is 157 cm³/mol. The van der Waals surface area contributed by atoms with E-state index in [1.165, 1.54) is 23.1 Å². The van der Waals surface area contributed by atoms with Gasteiger partial charge >= 0.3 is 0 Å². The number of aromatic nitrogens is 5. The predicted octanol–water partition coefficient (Wildman–Crippen LogP) is 5.92. The molecule has 4 rings (SSSR count). The van der Waals surface area contributed by atoms with Crippen molar-refractivity contribution in [2.75, 3.05) is 16.8 Å². The van der Waals surface area contributed by atoms with Gasteiger partial charge in [0.05, 0.1) is 28.6 Å². The fraction of sp³-hybridized carbons (Fsp3) is 0.250. The lowest BCUT2D eigenvalue weighted by Crippen LogP contribution is -2.25. The van der Waals surface area contributed by atoms with Crippen LogP contribution in [0, 0.1) is 13.8 Å². The first-order valence-corrected chi connectivity index (χ1v) is 15.3. The van der Waals surface area contributed by atoms with Gasteiger partial charge in [0.2, 0.25) is 11.0 Å². The number of amides is 2. The van der Waals surface area contributed by atoms with E-state index in [0.29, 0.717) is 26.7 Å². The lowest BCUT2D eigenvalue weighted by Gasteiger charge is -2.14. The summed E-state index contributed by atoms with van der Waals surface area (Å²) in [4.78, 5) is 25.5. The summed E-state index contributed by atoms with van der Waals surface area (Å²) in [6.45, 7) is 6.12. The van der Waals surface area contributed by atoms with Crippen molar-refractivity contribution >= 4 is 79.3 Å². The minimum atomic E-state index is -0.335. The van der Waals surface area contributed by atoms with Crippen LogP contribution in [0.15, 0.2) is 50.4 Å². The van der Waals surface area contributed by atoms with Crippen molar-refractivity contribution in [3.05, 3.63) is 68.4 Å². The highest BCUT2D eigenvalue weighted by Crippen LogP contribution is 2.28. The number of nitrogens with one attached hydrogen (secondary N) is 2. The van der Waals surface area contributed by atoms with Gasteiger partial charge in [-0.25, -0.2) is 0 Å². The van der Waals surface area contributed by atoms with Crippen molar-refractivity contribution < 1.29 is 9.59 Å². The molecule has 14 heteroatoms. The van der Waals surface area contributed by atoms with Crippen LogP contribution in [0.2, 0.25) is 5.02 Å². The van der Waals surface area contributed by atoms with Gasteiger partial charge in [0, 0.05) is 4.47 Å². The van der Waals surface area contributed by atoms with Gasteiger partial charge in [-0.2, -0.15) is 0 Å². The van der Waals surface area contributed by atoms with Crippen LogP contribution in [-0.4, -0.2) is 48.3 Å². The SMILES string of the molecule is CCSc1nnc(NC(=O)CSc2nnc(CNC(=O)c3cc(Br)ccc3Cl)n2-c2cc(C)ccc2C)s1. The molecule has 0 fully saturated rings. The number of rotatable bonds is 10. The molecule has 0 saturated heterocycles. The number of carbonyl (C=O) groups excluding carboxylic acids is 2. The van der Waals surface area contributed by atoms with Gasteiger partial charge in [0.25, 0.3) is 5.91 Å². The first-order chi connectivity index (χ1) is 18.2. The Labute approximate surface area is 245 Å². The average molecular weight is 653 g/mol. The molecule has 9 nitrogen and oxygen atoms in total. The van der Waals surface area contributed by atoms with Gasteiger partial charge in [-0.15, -0.1) is 20.4 Å². The van der Waals surface area contributed by atoms with Gasteiger partial charge < -0.3 is 5.32 Å². The van der Waals surface area contributed by atoms with E-state index in [1.54, 1.807) is 30.0 Å². The Morgan fingerprint density at radius 3 is 2.68 bits per heavy atom. The fourth-order valence-corrected chi connectivity index (χ4v) is 6.36. The van der Waals surface area contributed by atoms with Gasteiger partial charge in [0.15, 0.2) is 15.3 Å². The number of hydrogen-bond donors (Lipinski definition) is 2. The van der Waals surface area contributed by atoms with Crippen molar-refractivity contribution in [3.8, 4) is 5.69 Å². The number of carbonyl (C=O) groups is 2. The Morgan fingerprint density at radius 1 is 1.08 bits per heavy atom. The summed E-state index contributed by atoms with van der Waals surface area (Å²) in [6, 6.07) is 11.1. The standard InChI is InChI=1S/C24H23BrClN7O2S3/c1-4-36-24-32-30-22(38-24)28-20(34)12-37-23-31-29-19(33(23)18-9-13(2)5-6-14(18)3)11-27-21(35)16-10-15(25)7-8-17(16)26/h5-10H,4,11-12H2,1-3H3,(H,27,35)(H,28,30,34). The third kappa shape index (κ3) is 7.14. The zero-order valence-electron chi connectivity index (χ0n) is 20.6. The number of thioether (sulfide) groups is 2. The van der Waals surface area contributed by atoms with E-state index in [0.717, 1.165) is 31.4 Å². The van der Waals surface area contributed by atoms with Crippen LogP contribution in [0.5, 0.6) is 0 Å². The maximum Gasteiger partial charge on any atom is 0.253 e. The quantitative estimate of drug-likeness (QED) is 0.160. The number of anilines is 1. The molecule has 2 heterocycles. The Bertz CT molecular complexity index is 1480. The third-order valence-corrected chi connectivity index (χ3v) is 8.74. The van der Waals surface area contributed by atoms with Crippen molar-refractivity contribution in [1.29, 1.82) is 0 Å². The summed E-state index contributed by atoms with van der Waals surface area (Å²) in [5.41, 5.74) is 3.27. The lowest BCUT2D eigenvalue weighted by atomic mass is 10.1. The van der Waals surface area contributed by atoms with Gasteiger partial charge in [-0.05, 0) is 55.0 Å². The number of benzene rings is 2. The first kappa shape index (κ1) is 28.6. The first-order valence-electron chi connectivity index (χ1n) is 11.4. The van der Waals surface area contributed by atoms with Crippen molar-refractivity contribution in [2.45, 2.75) is 36.8 Å². The molecule has 0 aliphatic rings. The van der Waals surface area contributed by atoms with E-state index < -0.39 is 0 Å². The molecule has 0 saturated carbocycles. The lowest BCUT2D eigenvalue weighted by molar-refractivity contribution is -0.113. The summed E-state index contributed by atoms with van der Waals surface area (Å²) in [7, 11) is 0. The van der Waals surface area contributed by atoms with Crippen molar-refractivity contribution in [1.82, 2.24) is 30.3 Å². The third-order valence-electron chi connectivity index (χ3n) is 5.14. The van der Waals surface area contributed by atoms with Crippen LogP contribution in [-0.2, 0) is 11.3 Å². The highest BCUT2D eigenvalue weighted by Gasteiger charge is 2.20. The monoisotopic (exact) mass is 651 g/mol. The van der Waals surface area contributed by atoms with Crippen LogP contribution in [0.3, 0.4) is 0 Å². The molecule has 2 amide bonds. The molecule has 0 unspecified atom stereocenters. The Kier molecular flexibility index (Phi) is 9.82. The minimum absolute atomic E-state index is 0.0961. The summed E-state index contributed by atoms with van der Waals surface area (Å²) in [5.74, 6) is 0.933. The summed E-state index contributed by atoms with van der Waals surface area (Å²) in [5, 5.41) is 23.7. The highest BCUT2D eigenvalue weighted by molar-refractivity contribution is 9.10. The molecule has 0 spiro atoms. The average Bonchev–Trinajstić information content (AvgIpc) is 3.50. The van der Waals surface area contributed by atoms with Crippen LogP contribution >= 0.6 is 62.4 Å². The van der Waals surface area contributed by atoms with Crippen LogP contribution < -0.4 is 10.6 Å². The largest absolute Gasteiger partial charge is 0.345 e. The molecule has 198 valence electrons. The molecule has 0 bridgehead atoms. The normalized spacial score (nSPS) is 11.0. The number of aryl methyl sites for hydroxylation is 2. The molecule has 4 aromatic rings. The number of hydrogen-bond acceptors (Lipinski definition) is 9. The Hall–Kier alpha value is -2.45. The van der Waals surface area contributed by atoms with Crippen LogP contribution in [0.25, 0.3) is 5.69 Å². The molecular weight excluding hydrogens is 630 g/mol. The second-order valence-corrected chi connectivity index (χ2v) is 12.7. The second-order valence-electron chi connectivity index (χ2n) is 7.97. The zero-order chi connectivity index (χ0) is 27.2. The molecule has 0 atom stereocenters. The molecule has 2 aromatic heterocycles. The second kappa shape index (κ2) is 13.1. The van der Waals surface area contributed by atoms with Gasteiger partial charge in [-0.1, -0.05) is 81.4 Å². The summed E-state index contributed by atoms with van der Waals surface area (Å²) >= 11 is 13.7. The number of nitrogens with zero attached hydrogens (tertiary/aromatic N) is 5. The maximum absolute atomic E-state index is 12.9. The topological polar surface area (TPSA) is 115 Å². The van der Waals surface area contributed by atoms with E-state index in [2.05, 4.69) is 47.0 Å². The van der Waals surface area contributed by atoms with E-state index in [-0.39, 0.29) is 24.1 Å². The van der Waals surface area contributed by atoms with Crippen LogP contribution in [0.1, 0.15) is 34.2 Å². The Morgan fingerprint density at radius 2 is 1.89 bits per heavy atom. The molecule has 2 aromatic carbocycles. The molecule has 0 aliphatic heterocycles. The van der Waals surface area contributed by atoms with Crippen molar-refractivity contribution in [2.24, 2.45) is 0 Å². The minimum Gasteiger partial charge on any atom is -0.345 e. The molecule has 2 N–H and O–H groups in total. The molecular formula is C24H23BrClN7O2S3. The van der Waals surface area contributed by atoms with E-state index in [4.69, 9.17) is 11.6 Å². The molecule has 38 heavy (non-hydrogen) atoms. The van der Waals surface area contributed by atoms with Crippen LogP contribution in [0.4, 0.5) is 5.13 Å². The smallest absolute Gasteiger partial charge is 0.253 e. The highest BCUT2D eigenvalue weighted by atomic mass is 79.9. The molecule has 0 radical (unpaired) electrons. The number of halogens is 2. The zero-order valence-corrected chi connectivity index (χ0v) is 25.4. The van der Waals surface area contributed by atoms with E-state index in [1.807, 2.05) is 43.5 Å². The fourth-order valence-electron chi connectivity index (χ4n) is 3.36. The van der Waals surface area contributed by atoms with E-state index in [9.17, 15) is 9.59 Å². The van der Waals surface area contributed by atoms with E-state index >= 15 is 0 Å². The Balaban J connectivity index is 1.53. The van der Waals surface area contributed by atoms with Gasteiger partial charge in [0.1, 0.15) is 0 Å².